The Morgan fingerprint density at radius 1 is 1.64 bits per heavy atom. The molecule has 0 fully saturated rings. The summed E-state index contributed by atoms with van der Waals surface area (Å²) in [6, 6.07) is 2.02. The van der Waals surface area contributed by atoms with Crippen LogP contribution in [0.25, 0.3) is 0 Å². The number of hydrogen-bond donors (Lipinski definition) is 5. The lowest BCUT2D eigenvalue weighted by atomic mass is 10.3. The molecule has 0 saturated carbocycles. The Labute approximate surface area is 82.6 Å². The smallest absolute Gasteiger partial charge is 0.188 e. The predicted molar refractivity (Wildman–Crippen MR) is 56.2 cm³/mol. The minimum absolute atomic E-state index is 0.0183. The van der Waals surface area contributed by atoms with Gasteiger partial charge in [0, 0.05) is 18.4 Å². The number of aromatic amines is 1. The molecule has 0 aliphatic heterocycles. The molecule has 6 heteroatoms. The Morgan fingerprint density at radius 2 is 2.36 bits per heavy atom. The molecule has 0 aromatic carbocycles. The average Bonchev–Trinajstić information content (AvgIpc) is 2.47. The summed E-state index contributed by atoms with van der Waals surface area (Å²) >= 11 is 0. The molecule has 1 atom stereocenters. The average molecular weight is 196 g/mol. The summed E-state index contributed by atoms with van der Waals surface area (Å²) in [5.41, 5.74) is 18.1. The number of aromatic nitrogens is 1. The summed E-state index contributed by atoms with van der Waals surface area (Å²) in [7, 11) is 0. The molecule has 14 heavy (non-hydrogen) atoms. The van der Waals surface area contributed by atoms with Crippen LogP contribution < -0.4 is 22.5 Å². The van der Waals surface area contributed by atoms with E-state index in [4.69, 9.17) is 17.2 Å². The lowest BCUT2D eigenvalue weighted by Gasteiger charge is -2.07. The zero-order valence-corrected chi connectivity index (χ0v) is 8.12. The van der Waals surface area contributed by atoms with Crippen LogP contribution in [0.5, 0.6) is 0 Å². The zero-order valence-electron chi connectivity index (χ0n) is 8.12. The predicted octanol–water partition coefficient (Wildman–Crippen LogP) is -1.07. The van der Waals surface area contributed by atoms with Crippen molar-refractivity contribution in [1.29, 1.82) is 0 Å². The Morgan fingerprint density at radius 3 is 2.86 bits per heavy atom. The molecule has 1 aromatic heterocycles. The van der Waals surface area contributed by atoms with E-state index < -0.39 is 6.29 Å². The maximum absolute atomic E-state index is 5.56. The fraction of sp³-hybridized carbons (Fsp3) is 0.375. The number of aliphatic imine (C=N–C) groups is 1. The van der Waals surface area contributed by atoms with Crippen LogP contribution in [0.1, 0.15) is 11.3 Å². The van der Waals surface area contributed by atoms with Gasteiger partial charge in [-0.2, -0.15) is 0 Å². The fourth-order valence-corrected chi connectivity index (χ4v) is 1.10. The van der Waals surface area contributed by atoms with Crippen molar-refractivity contribution in [3.05, 3.63) is 23.5 Å². The van der Waals surface area contributed by atoms with Gasteiger partial charge in [0.25, 0.3) is 0 Å². The molecule has 8 N–H and O–H groups in total. The number of nitrogens with one attached hydrogen (secondary N) is 2. The second-order valence-electron chi connectivity index (χ2n) is 3.07. The second kappa shape index (κ2) is 4.64. The van der Waals surface area contributed by atoms with Crippen LogP contribution in [0.2, 0.25) is 0 Å². The SMILES string of the molecule is Cc1cc(CNC(N)N=C(N)N)c[nH]1. The number of hydrogen-bond acceptors (Lipinski definition) is 3. The summed E-state index contributed by atoms with van der Waals surface area (Å²) in [6.45, 7) is 2.61. The number of rotatable bonds is 4. The molecular formula is C8H16N6. The van der Waals surface area contributed by atoms with E-state index in [0.29, 0.717) is 6.54 Å². The third-order valence-corrected chi connectivity index (χ3v) is 1.69. The quantitative estimate of drug-likeness (QED) is 0.239. The summed E-state index contributed by atoms with van der Waals surface area (Å²) in [5.74, 6) is -0.0183. The van der Waals surface area contributed by atoms with Crippen LogP contribution in [-0.2, 0) is 6.54 Å². The van der Waals surface area contributed by atoms with Crippen LogP contribution >= 0.6 is 0 Å². The van der Waals surface area contributed by atoms with Crippen molar-refractivity contribution in [2.45, 2.75) is 19.8 Å². The maximum atomic E-state index is 5.56. The van der Waals surface area contributed by atoms with Crippen molar-refractivity contribution in [2.24, 2.45) is 22.2 Å². The third-order valence-electron chi connectivity index (χ3n) is 1.69. The molecule has 1 aromatic rings. The van der Waals surface area contributed by atoms with E-state index in [-0.39, 0.29) is 5.96 Å². The van der Waals surface area contributed by atoms with Gasteiger partial charge >= 0.3 is 0 Å². The normalized spacial score (nSPS) is 12.4. The molecule has 0 radical (unpaired) electrons. The van der Waals surface area contributed by atoms with E-state index in [2.05, 4.69) is 15.3 Å². The van der Waals surface area contributed by atoms with Crippen molar-refractivity contribution in [3.8, 4) is 0 Å². The van der Waals surface area contributed by atoms with Crippen molar-refractivity contribution in [2.75, 3.05) is 0 Å². The van der Waals surface area contributed by atoms with Gasteiger partial charge in [0.1, 0.15) is 0 Å². The van der Waals surface area contributed by atoms with Crippen LogP contribution in [0.15, 0.2) is 17.3 Å². The van der Waals surface area contributed by atoms with Crippen molar-refractivity contribution < 1.29 is 0 Å². The first kappa shape index (κ1) is 10.6. The molecule has 0 amide bonds. The molecule has 0 bridgehead atoms. The summed E-state index contributed by atoms with van der Waals surface area (Å²) in [5, 5.41) is 2.95. The molecule has 1 heterocycles. The van der Waals surface area contributed by atoms with E-state index >= 15 is 0 Å². The molecule has 1 unspecified atom stereocenters. The lowest BCUT2D eigenvalue weighted by Crippen LogP contribution is -2.38. The van der Waals surface area contributed by atoms with Gasteiger partial charge < -0.3 is 16.5 Å². The number of nitrogens with zero attached hydrogens (tertiary/aromatic N) is 1. The summed E-state index contributed by atoms with van der Waals surface area (Å²) in [6.07, 6.45) is 1.35. The van der Waals surface area contributed by atoms with Crippen LogP contribution in [0.3, 0.4) is 0 Å². The van der Waals surface area contributed by atoms with Gasteiger partial charge in [-0.25, -0.2) is 4.99 Å². The maximum Gasteiger partial charge on any atom is 0.188 e. The molecule has 78 valence electrons. The minimum atomic E-state index is -0.560. The number of H-pyrrole nitrogens is 1. The molecule has 6 nitrogen and oxygen atoms in total. The monoisotopic (exact) mass is 196 g/mol. The van der Waals surface area contributed by atoms with Gasteiger partial charge in [0.15, 0.2) is 12.2 Å². The largest absolute Gasteiger partial charge is 0.370 e. The van der Waals surface area contributed by atoms with E-state index in [0.717, 1.165) is 11.3 Å². The molecule has 0 aliphatic carbocycles. The number of guanidine groups is 1. The Bertz CT molecular complexity index is 311. The van der Waals surface area contributed by atoms with Gasteiger partial charge in [-0.3, -0.25) is 11.1 Å². The van der Waals surface area contributed by atoms with Crippen LogP contribution in [0, 0.1) is 6.92 Å². The van der Waals surface area contributed by atoms with E-state index in [1.807, 2.05) is 19.2 Å². The second-order valence-corrected chi connectivity index (χ2v) is 3.07. The standard InChI is InChI=1S/C8H16N6/c1-5-2-6(3-12-5)4-13-8(11)14-7(9)10/h2-3,8,12-13H,4,11H2,1H3,(H4,9,10,14). The zero-order chi connectivity index (χ0) is 10.6. The third kappa shape index (κ3) is 3.46. The first-order valence-electron chi connectivity index (χ1n) is 4.29. The minimum Gasteiger partial charge on any atom is -0.370 e. The van der Waals surface area contributed by atoms with Gasteiger partial charge in [-0.15, -0.1) is 0 Å². The Balaban J connectivity index is 2.37. The van der Waals surface area contributed by atoms with Gasteiger partial charge in [0.05, 0.1) is 0 Å². The van der Waals surface area contributed by atoms with E-state index in [1.54, 1.807) is 0 Å². The molecule has 0 spiro atoms. The summed E-state index contributed by atoms with van der Waals surface area (Å²) in [4.78, 5) is 6.80. The topological polar surface area (TPSA) is 118 Å². The molecular weight excluding hydrogens is 180 g/mol. The highest BCUT2D eigenvalue weighted by atomic mass is 15.2. The van der Waals surface area contributed by atoms with Crippen molar-refractivity contribution >= 4 is 5.96 Å². The number of aryl methyl sites for hydroxylation is 1. The highest BCUT2D eigenvalue weighted by Crippen LogP contribution is 2.00. The Hall–Kier alpha value is -1.53. The first-order chi connectivity index (χ1) is 6.58. The van der Waals surface area contributed by atoms with Gasteiger partial charge in [-0.05, 0) is 18.6 Å². The summed E-state index contributed by atoms with van der Waals surface area (Å²) < 4.78 is 0. The van der Waals surface area contributed by atoms with Crippen molar-refractivity contribution in [1.82, 2.24) is 10.3 Å². The van der Waals surface area contributed by atoms with Gasteiger partial charge in [0.2, 0.25) is 0 Å². The fourth-order valence-electron chi connectivity index (χ4n) is 1.10. The molecule has 1 rings (SSSR count). The van der Waals surface area contributed by atoms with Gasteiger partial charge in [-0.1, -0.05) is 0 Å². The highest BCUT2D eigenvalue weighted by Gasteiger charge is 2.00. The number of nitrogens with two attached hydrogens (primary N) is 3. The first-order valence-corrected chi connectivity index (χ1v) is 4.29. The molecule has 0 saturated heterocycles. The van der Waals surface area contributed by atoms with E-state index in [9.17, 15) is 0 Å². The van der Waals surface area contributed by atoms with E-state index in [1.165, 1.54) is 0 Å². The van der Waals surface area contributed by atoms with Crippen LogP contribution in [-0.4, -0.2) is 17.2 Å². The molecule has 0 aliphatic rings. The lowest BCUT2D eigenvalue weighted by molar-refractivity contribution is 0.547. The van der Waals surface area contributed by atoms with Crippen LogP contribution in [0.4, 0.5) is 0 Å². The Kier molecular flexibility index (Phi) is 3.49. The van der Waals surface area contributed by atoms with Crippen molar-refractivity contribution in [3.63, 3.8) is 0 Å². The highest BCUT2D eigenvalue weighted by molar-refractivity contribution is 5.75.